The number of likely N-dealkylation sites (tertiary alicyclic amines) is 1. The molecule has 12 nitrogen and oxygen atoms in total. The third-order valence-corrected chi connectivity index (χ3v) is 6.94. The summed E-state index contributed by atoms with van der Waals surface area (Å²) in [6.45, 7) is 1.36. The molecule has 5 unspecified atom stereocenters. The van der Waals surface area contributed by atoms with E-state index in [1.807, 2.05) is 30.3 Å². The van der Waals surface area contributed by atoms with Crippen molar-refractivity contribution in [2.75, 3.05) is 26.4 Å². The number of aryl methyl sites for hydroxylation is 1. The van der Waals surface area contributed by atoms with Gasteiger partial charge in [-0.25, -0.2) is 4.79 Å². The monoisotopic (exact) mass is 521 g/mol. The normalized spacial score (nSPS) is 22.2. The average molecular weight is 522 g/mol. The van der Waals surface area contributed by atoms with Gasteiger partial charge >= 0.3 is 11.9 Å². The first-order valence-corrected chi connectivity index (χ1v) is 12.6. The summed E-state index contributed by atoms with van der Waals surface area (Å²) in [6, 6.07) is 7.07. The first-order chi connectivity index (χ1) is 17.8. The SMILES string of the molecule is CC(NC(CCc1ccccc1)C(=O)OCCOCCO[N+](=O)[O-])C(=O)N1C(C(=O)O)CC2CCCC21. The molecule has 1 aliphatic heterocycles. The number of amides is 1. The Morgan fingerprint density at radius 2 is 1.89 bits per heavy atom. The van der Waals surface area contributed by atoms with Crippen LogP contribution in [0.2, 0.25) is 0 Å². The number of esters is 1. The smallest absolute Gasteiger partial charge is 0.326 e. The van der Waals surface area contributed by atoms with Crippen molar-refractivity contribution < 1.29 is 38.9 Å². The maximum Gasteiger partial charge on any atom is 0.326 e. The Bertz CT molecular complexity index is 929. The lowest BCUT2D eigenvalue weighted by molar-refractivity contribution is -0.758. The largest absolute Gasteiger partial charge is 0.480 e. The Kier molecular flexibility index (Phi) is 10.6. The lowest BCUT2D eigenvalue weighted by Gasteiger charge is -2.32. The van der Waals surface area contributed by atoms with Gasteiger partial charge in [-0.3, -0.25) is 14.9 Å². The summed E-state index contributed by atoms with van der Waals surface area (Å²) in [4.78, 5) is 54.0. The topological polar surface area (TPSA) is 158 Å². The number of benzene rings is 1. The molecule has 1 amide bonds. The Balaban J connectivity index is 1.58. The molecule has 1 aromatic carbocycles. The minimum atomic E-state index is -1.00. The number of carboxylic acids is 1. The number of ether oxygens (including phenoxy) is 2. The van der Waals surface area contributed by atoms with Crippen LogP contribution in [0.4, 0.5) is 0 Å². The van der Waals surface area contributed by atoms with Crippen LogP contribution in [0, 0.1) is 16.0 Å². The molecular formula is C25H35N3O9. The van der Waals surface area contributed by atoms with Crippen molar-refractivity contribution in [2.24, 2.45) is 5.92 Å². The van der Waals surface area contributed by atoms with Crippen LogP contribution >= 0.6 is 0 Å². The fourth-order valence-electron chi connectivity index (χ4n) is 5.22. The summed E-state index contributed by atoms with van der Waals surface area (Å²) < 4.78 is 10.5. The van der Waals surface area contributed by atoms with Crippen LogP contribution in [0.1, 0.15) is 44.6 Å². The van der Waals surface area contributed by atoms with Gasteiger partial charge in [-0.05, 0) is 50.5 Å². The van der Waals surface area contributed by atoms with E-state index in [0.29, 0.717) is 19.3 Å². The van der Waals surface area contributed by atoms with Crippen LogP contribution < -0.4 is 5.32 Å². The molecule has 0 spiro atoms. The first kappa shape index (κ1) is 28.3. The summed E-state index contributed by atoms with van der Waals surface area (Å²) in [7, 11) is 0. The zero-order chi connectivity index (χ0) is 26.8. The molecule has 2 aliphatic rings. The molecule has 204 valence electrons. The highest BCUT2D eigenvalue weighted by molar-refractivity contribution is 5.88. The second-order valence-electron chi connectivity index (χ2n) is 9.40. The average Bonchev–Trinajstić information content (AvgIpc) is 3.47. The fraction of sp³-hybridized carbons (Fsp3) is 0.640. The maximum atomic E-state index is 13.4. The van der Waals surface area contributed by atoms with Gasteiger partial charge < -0.3 is 24.3 Å². The van der Waals surface area contributed by atoms with Crippen molar-refractivity contribution in [3.05, 3.63) is 46.0 Å². The number of nitrogens with zero attached hydrogens (tertiary/aromatic N) is 2. The zero-order valence-corrected chi connectivity index (χ0v) is 21.0. The molecule has 1 heterocycles. The molecule has 37 heavy (non-hydrogen) atoms. The first-order valence-electron chi connectivity index (χ1n) is 12.6. The Morgan fingerprint density at radius 1 is 1.16 bits per heavy atom. The van der Waals surface area contributed by atoms with Crippen molar-refractivity contribution in [1.82, 2.24) is 10.2 Å². The molecule has 2 N–H and O–H groups in total. The third kappa shape index (κ3) is 8.12. The van der Waals surface area contributed by atoms with E-state index in [4.69, 9.17) is 9.47 Å². The Hall–Kier alpha value is -3.25. The van der Waals surface area contributed by atoms with E-state index >= 15 is 0 Å². The van der Waals surface area contributed by atoms with Gasteiger partial charge in [0.25, 0.3) is 5.09 Å². The summed E-state index contributed by atoms with van der Waals surface area (Å²) in [6.07, 6.45) is 4.08. The van der Waals surface area contributed by atoms with Gasteiger partial charge in [-0.15, -0.1) is 10.1 Å². The van der Waals surface area contributed by atoms with Crippen LogP contribution in [0.5, 0.6) is 0 Å². The number of nitrogens with one attached hydrogen (secondary N) is 1. The lowest BCUT2D eigenvalue weighted by atomic mass is 10.0. The van der Waals surface area contributed by atoms with E-state index in [-0.39, 0.29) is 44.3 Å². The number of hydrogen-bond donors (Lipinski definition) is 2. The van der Waals surface area contributed by atoms with Crippen molar-refractivity contribution in [1.29, 1.82) is 0 Å². The van der Waals surface area contributed by atoms with Gasteiger partial charge in [-0.1, -0.05) is 36.8 Å². The van der Waals surface area contributed by atoms with Crippen molar-refractivity contribution in [2.45, 2.75) is 69.6 Å². The Morgan fingerprint density at radius 3 is 2.59 bits per heavy atom. The van der Waals surface area contributed by atoms with E-state index < -0.39 is 35.2 Å². The fourth-order valence-corrected chi connectivity index (χ4v) is 5.22. The van der Waals surface area contributed by atoms with E-state index in [9.17, 15) is 29.6 Å². The van der Waals surface area contributed by atoms with Gasteiger partial charge in [0.15, 0.2) is 0 Å². The molecule has 0 aromatic heterocycles. The zero-order valence-electron chi connectivity index (χ0n) is 21.0. The molecule has 1 saturated carbocycles. The third-order valence-electron chi connectivity index (χ3n) is 6.94. The molecule has 1 aliphatic carbocycles. The highest BCUT2D eigenvalue weighted by Gasteiger charge is 2.49. The number of fused-ring (bicyclic) bond motifs is 1. The predicted molar refractivity (Wildman–Crippen MR) is 130 cm³/mol. The van der Waals surface area contributed by atoms with E-state index in [0.717, 1.165) is 24.8 Å². The van der Waals surface area contributed by atoms with Crippen LogP contribution in [0.25, 0.3) is 0 Å². The second kappa shape index (κ2) is 13.9. The van der Waals surface area contributed by atoms with Crippen LogP contribution in [-0.4, -0.2) is 83.5 Å². The molecule has 3 rings (SSSR count). The molecule has 0 radical (unpaired) electrons. The molecular weight excluding hydrogens is 486 g/mol. The van der Waals surface area contributed by atoms with E-state index in [1.165, 1.54) is 4.90 Å². The van der Waals surface area contributed by atoms with Crippen LogP contribution in [0.15, 0.2) is 30.3 Å². The van der Waals surface area contributed by atoms with Gasteiger partial charge in [0.2, 0.25) is 5.91 Å². The number of carbonyl (C=O) groups excluding carboxylic acids is 2. The molecule has 1 aromatic rings. The minimum Gasteiger partial charge on any atom is -0.480 e. The van der Waals surface area contributed by atoms with E-state index in [1.54, 1.807) is 6.92 Å². The lowest BCUT2D eigenvalue weighted by Crippen LogP contribution is -2.55. The number of aliphatic carboxylic acids is 1. The molecule has 2 fully saturated rings. The van der Waals surface area contributed by atoms with Crippen molar-refractivity contribution in [3.63, 3.8) is 0 Å². The number of carboxylic acid groups (broad SMARTS) is 1. The summed E-state index contributed by atoms with van der Waals surface area (Å²) in [5.41, 5.74) is 1.02. The Labute approximate surface area is 215 Å². The summed E-state index contributed by atoms with van der Waals surface area (Å²) >= 11 is 0. The number of carbonyl (C=O) groups is 3. The quantitative estimate of drug-likeness (QED) is 0.150. The molecule has 12 heteroatoms. The van der Waals surface area contributed by atoms with Gasteiger partial charge in [-0.2, -0.15) is 0 Å². The standard InChI is InChI=1S/C25H35N3O9/c1-17(23(29)27-21-9-5-8-19(21)16-22(27)24(30)31)26-20(11-10-18-6-3-2-4-7-18)25(32)36-14-12-35-13-15-37-28(33)34/h2-4,6-7,17,19-22,26H,5,8-16H2,1H3,(H,30,31). The van der Waals surface area contributed by atoms with Crippen LogP contribution in [0.3, 0.4) is 0 Å². The second-order valence-corrected chi connectivity index (χ2v) is 9.40. The van der Waals surface area contributed by atoms with Crippen LogP contribution in [-0.2, 0) is 35.1 Å². The molecule has 0 bridgehead atoms. The predicted octanol–water partition coefficient (Wildman–Crippen LogP) is 1.59. The minimum absolute atomic E-state index is 0.0253. The van der Waals surface area contributed by atoms with E-state index in [2.05, 4.69) is 10.2 Å². The number of rotatable bonds is 15. The van der Waals surface area contributed by atoms with Gasteiger partial charge in [0, 0.05) is 6.04 Å². The van der Waals surface area contributed by atoms with Gasteiger partial charge in [0.05, 0.1) is 19.3 Å². The molecule has 5 atom stereocenters. The molecule has 1 saturated heterocycles. The highest BCUT2D eigenvalue weighted by atomic mass is 17.0. The summed E-state index contributed by atoms with van der Waals surface area (Å²) in [5, 5.41) is 22.0. The number of hydrogen-bond acceptors (Lipinski definition) is 9. The summed E-state index contributed by atoms with van der Waals surface area (Å²) in [5.74, 6) is -1.69. The van der Waals surface area contributed by atoms with Gasteiger partial charge in [0.1, 0.15) is 25.3 Å². The van der Waals surface area contributed by atoms with Crippen molar-refractivity contribution in [3.8, 4) is 0 Å². The maximum absolute atomic E-state index is 13.4. The van der Waals surface area contributed by atoms with Crippen molar-refractivity contribution >= 4 is 17.8 Å². The highest BCUT2D eigenvalue weighted by Crippen LogP contribution is 2.41.